The molecule has 0 fully saturated rings. The molecule has 0 aromatic heterocycles. The third-order valence-electron chi connectivity index (χ3n) is 2.39. The normalized spacial score (nSPS) is 19.2. The first-order chi connectivity index (χ1) is 6.90. The van der Waals surface area contributed by atoms with E-state index in [0.717, 1.165) is 13.0 Å². The Kier molecular flexibility index (Phi) is 4.63. The highest BCUT2D eigenvalue weighted by Crippen LogP contribution is 2.15. The van der Waals surface area contributed by atoms with E-state index in [0.29, 0.717) is 0 Å². The maximum atomic E-state index is 8.95. The van der Waals surface area contributed by atoms with Crippen molar-refractivity contribution in [2.45, 2.75) is 32.9 Å². The molecule has 0 amide bonds. The van der Waals surface area contributed by atoms with Crippen LogP contribution in [0.2, 0.25) is 0 Å². The molecular formula is C12H19NO. The zero-order valence-corrected chi connectivity index (χ0v) is 8.96. The molecule has 14 heavy (non-hydrogen) atoms. The summed E-state index contributed by atoms with van der Waals surface area (Å²) in [5.74, 6) is 0. The van der Waals surface area contributed by atoms with E-state index in [1.54, 1.807) is 0 Å². The zero-order valence-electron chi connectivity index (χ0n) is 8.96. The molecule has 0 spiro atoms. The van der Waals surface area contributed by atoms with Gasteiger partial charge in [-0.25, -0.2) is 0 Å². The average molecular weight is 193 g/mol. The largest absolute Gasteiger partial charge is 0.395 e. The zero-order chi connectivity index (χ0) is 10.4. The molecule has 1 aromatic carbocycles. The molecular weight excluding hydrogens is 174 g/mol. The molecule has 1 unspecified atom stereocenters. The molecule has 0 saturated carbocycles. The van der Waals surface area contributed by atoms with Gasteiger partial charge in [0.2, 0.25) is 0 Å². The van der Waals surface area contributed by atoms with E-state index < -0.39 is 0 Å². The number of fused-ring (bicyclic) bond motifs is 1. The fraction of sp³-hybridized carbons (Fsp3) is 0.500. The van der Waals surface area contributed by atoms with Crippen molar-refractivity contribution in [3.63, 3.8) is 0 Å². The van der Waals surface area contributed by atoms with Gasteiger partial charge in [0.25, 0.3) is 0 Å². The quantitative estimate of drug-likeness (QED) is 0.711. The van der Waals surface area contributed by atoms with Crippen molar-refractivity contribution in [2.24, 2.45) is 0 Å². The Balaban J connectivity index is 0.000000461. The van der Waals surface area contributed by atoms with Crippen LogP contribution in [0, 0.1) is 0 Å². The minimum Gasteiger partial charge on any atom is -0.395 e. The smallest absolute Gasteiger partial charge is 0.0587 e. The summed E-state index contributed by atoms with van der Waals surface area (Å²) >= 11 is 0. The molecule has 0 radical (unpaired) electrons. The minimum absolute atomic E-state index is 0.230. The lowest BCUT2D eigenvalue weighted by molar-refractivity contribution is 0.236. The third kappa shape index (κ3) is 2.56. The van der Waals surface area contributed by atoms with Crippen molar-refractivity contribution in [1.82, 2.24) is 5.32 Å². The van der Waals surface area contributed by atoms with Gasteiger partial charge in [-0.15, -0.1) is 0 Å². The van der Waals surface area contributed by atoms with Gasteiger partial charge in [0.1, 0.15) is 0 Å². The lowest BCUT2D eigenvalue weighted by Gasteiger charge is -2.24. The van der Waals surface area contributed by atoms with Gasteiger partial charge >= 0.3 is 0 Å². The van der Waals surface area contributed by atoms with Crippen LogP contribution in [-0.4, -0.2) is 17.8 Å². The second-order valence-corrected chi connectivity index (χ2v) is 3.23. The molecule has 0 saturated heterocycles. The summed E-state index contributed by atoms with van der Waals surface area (Å²) in [5, 5.41) is 12.2. The van der Waals surface area contributed by atoms with Gasteiger partial charge < -0.3 is 10.4 Å². The molecule has 2 nitrogen and oxygen atoms in total. The van der Waals surface area contributed by atoms with E-state index >= 15 is 0 Å². The second-order valence-electron chi connectivity index (χ2n) is 3.23. The molecule has 0 bridgehead atoms. The van der Waals surface area contributed by atoms with E-state index in [1.165, 1.54) is 11.1 Å². The first-order valence-electron chi connectivity index (χ1n) is 5.31. The van der Waals surface area contributed by atoms with E-state index in [1.807, 2.05) is 13.8 Å². The Morgan fingerprint density at radius 2 is 1.93 bits per heavy atom. The SMILES string of the molecule is CC.OCC1Cc2ccccc2CN1. The van der Waals surface area contributed by atoms with Crippen LogP contribution in [0.3, 0.4) is 0 Å². The number of aliphatic hydroxyl groups is 1. The number of rotatable bonds is 1. The molecule has 0 aliphatic carbocycles. The van der Waals surface area contributed by atoms with Gasteiger partial charge in [-0.3, -0.25) is 0 Å². The van der Waals surface area contributed by atoms with Crippen LogP contribution in [0.1, 0.15) is 25.0 Å². The fourth-order valence-electron chi connectivity index (χ4n) is 1.65. The number of aliphatic hydroxyl groups excluding tert-OH is 1. The van der Waals surface area contributed by atoms with E-state index in [-0.39, 0.29) is 12.6 Å². The maximum absolute atomic E-state index is 8.95. The van der Waals surface area contributed by atoms with Gasteiger partial charge in [-0.2, -0.15) is 0 Å². The van der Waals surface area contributed by atoms with Crippen molar-refractivity contribution in [2.75, 3.05) is 6.61 Å². The molecule has 1 atom stereocenters. The Bertz CT molecular complexity index is 273. The lowest BCUT2D eigenvalue weighted by atomic mass is 9.96. The van der Waals surface area contributed by atoms with Gasteiger partial charge in [0, 0.05) is 12.6 Å². The predicted molar refractivity (Wildman–Crippen MR) is 59.2 cm³/mol. The van der Waals surface area contributed by atoms with E-state index in [4.69, 9.17) is 5.11 Å². The third-order valence-corrected chi connectivity index (χ3v) is 2.39. The molecule has 1 heterocycles. The molecule has 78 valence electrons. The van der Waals surface area contributed by atoms with Crippen LogP contribution < -0.4 is 5.32 Å². The lowest BCUT2D eigenvalue weighted by Crippen LogP contribution is -2.38. The van der Waals surface area contributed by atoms with E-state index in [9.17, 15) is 0 Å². The number of hydrogen-bond acceptors (Lipinski definition) is 2. The highest BCUT2D eigenvalue weighted by Gasteiger charge is 2.15. The van der Waals surface area contributed by atoms with E-state index in [2.05, 4.69) is 29.6 Å². The Labute approximate surface area is 86.0 Å². The standard InChI is InChI=1S/C10H13NO.C2H6/c12-7-10-5-8-3-1-2-4-9(8)6-11-10;1-2/h1-4,10-12H,5-7H2;1-2H3. The molecule has 1 aliphatic heterocycles. The minimum atomic E-state index is 0.230. The van der Waals surface area contributed by atoms with Crippen LogP contribution in [0.5, 0.6) is 0 Å². The summed E-state index contributed by atoms with van der Waals surface area (Å²) in [6.45, 7) is 5.12. The molecule has 2 heteroatoms. The van der Waals surface area contributed by atoms with Crippen molar-refractivity contribution in [1.29, 1.82) is 0 Å². The maximum Gasteiger partial charge on any atom is 0.0587 e. The van der Waals surface area contributed by atoms with Crippen LogP contribution >= 0.6 is 0 Å². The summed E-state index contributed by atoms with van der Waals surface area (Å²) in [5.41, 5.74) is 2.73. The summed E-state index contributed by atoms with van der Waals surface area (Å²) in [6, 6.07) is 8.63. The topological polar surface area (TPSA) is 32.3 Å². The number of nitrogens with one attached hydrogen (secondary N) is 1. The van der Waals surface area contributed by atoms with Gasteiger partial charge in [-0.1, -0.05) is 38.1 Å². The second kappa shape index (κ2) is 5.78. The average Bonchev–Trinajstić information content (AvgIpc) is 2.31. The first-order valence-corrected chi connectivity index (χ1v) is 5.31. The number of hydrogen-bond donors (Lipinski definition) is 2. The highest BCUT2D eigenvalue weighted by atomic mass is 16.3. The first kappa shape index (κ1) is 11.2. The van der Waals surface area contributed by atoms with Gasteiger partial charge in [-0.05, 0) is 17.5 Å². The van der Waals surface area contributed by atoms with Crippen LogP contribution in [-0.2, 0) is 13.0 Å². The van der Waals surface area contributed by atoms with Crippen LogP contribution in [0.25, 0.3) is 0 Å². The molecule has 1 aliphatic rings. The Hall–Kier alpha value is -0.860. The molecule has 2 N–H and O–H groups in total. The summed E-state index contributed by atoms with van der Waals surface area (Å²) < 4.78 is 0. The summed E-state index contributed by atoms with van der Waals surface area (Å²) in [4.78, 5) is 0. The summed E-state index contributed by atoms with van der Waals surface area (Å²) in [6.07, 6.45) is 0.951. The van der Waals surface area contributed by atoms with Crippen LogP contribution in [0.4, 0.5) is 0 Å². The monoisotopic (exact) mass is 193 g/mol. The Morgan fingerprint density at radius 3 is 2.57 bits per heavy atom. The molecule has 2 rings (SSSR count). The van der Waals surface area contributed by atoms with Gasteiger partial charge in [0.05, 0.1) is 6.61 Å². The van der Waals surface area contributed by atoms with Crippen molar-refractivity contribution in [3.05, 3.63) is 35.4 Å². The van der Waals surface area contributed by atoms with Crippen LogP contribution in [0.15, 0.2) is 24.3 Å². The van der Waals surface area contributed by atoms with Gasteiger partial charge in [0.15, 0.2) is 0 Å². The summed E-state index contributed by atoms with van der Waals surface area (Å²) in [7, 11) is 0. The molecule has 1 aromatic rings. The van der Waals surface area contributed by atoms with Crippen molar-refractivity contribution < 1.29 is 5.11 Å². The van der Waals surface area contributed by atoms with Crippen molar-refractivity contribution in [3.8, 4) is 0 Å². The Morgan fingerprint density at radius 1 is 1.29 bits per heavy atom. The van der Waals surface area contributed by atoms with Crippen molar-refractivity contribution >= 4 is 0 Å². The highest BCUT2D eigenvalue weighted by molar-refractivity contribution is 5.29. The fourth-order valence-corrected chi connectivity index (χ4v) is 1.65. The number of benzene rings is 1. The predicted octanol–water partition coefficient (Wildman–Crippen LogP) is 1.72.